The minimum absolute atomic E-state index is 0.145. The molecule has 3 aromatic rings. The van der Waals surface area contributed by atoms with Gasteiger partial charge in [-0.25, -0.2) is 13.6 Å². The van der Waals surface area contributed by atoms with Gasteiger partial charge in [0.05, 0.1) is 12.3 Å². The molecule has 0 saturated heterocycles. The number of halogens is 2. The van der Waals surface area contributed by atoms with Crippen molar-refractivity contribution in [2.24, 2.45) is 5.41 Å². The summed E-state index contributed by atoms with van der Waals surface area (Å²) >= 11 is 0. The van der Waals surface area contributed by atoms with Crippen molar-refractivity contribution in [3.8, 4) is 28.1 Å². The Hall–Kier alpha value is -3.52. The van der Waals surface area contributed by atoms with Crippen LogP contribution < -0.4 is 10.2 Å². The molecule has 190 valence electrons. The molecule has 1 atom stereocenters. The number of carboxylic acids is 1. The second kappa shape index (κ2) is 9.85. The summed E-state index contributed by atoms with van der Waals surface area (Å²) in [7, 11) is 1.60. The number of aromatic nitrogens is 1. The van der Waals surface area contributed by atoms with Crippen molar-refractivity contribution in [1.29, 1.82) is 0 Å². The highest BCUT2D eigenvalue weighted by Gasteiger charge is 2.34. The maximum absolute atomic E-state index is 14.9. The van der Waals surface area contributed by atoms with Crippen LogP contribution in [0, 0.1) is 17.0 Å². The van der Waals surface area contributed by atoms with Gasteiger partial charge in [0.25, 0.3) is 0 Å². The zero-order chi connectivity index (χ0) is 26.2. The summed E-state index contributed by atoms with van der Waals surface area (Å²) in [4.78, 5) is 24.4. The lowest BCUT2D eigenvalue weighted by Gasteiger charge is -2.39. The van der Waals surface area contributed by atoms with E-state index in [1.165, 1.54) is 24.4 Å². The molecule has 2 heterocycles. The number of benzene rings is 2. The van der Waals surface area contributed by atoms with E-state index in [1.807, 2.05) is 10.6 Å². The summed E-state index contributed by atoms with van der Waals surface area (Å²) in [6.45, 7) is 6.99. The number of ether oxygens (including phenoxy) is 2. The molecule has 4 rings (SSSR count). The molecule has 1 N–H and O–H groups in total. The van der Waals surface area contributed by atoms with Crippen molar-refractivity contribution in [1.82, 2.24) is 4.57 Å². The fourth-order valence-corrected chi connectivity index (χ4v) is 4.67. The van der Waals surface area contributed by atoms with Crippen molar-refractivity contribution in [3.05, 3.63) is 75.6 Å². The van der Waals surface area contributed by atoms with Gasteiger partial charge in [-0.15, -0.1) is 0 Å². The van der Waals surface area contributed by atoms with Gasteiger partial charge in [-0.3, -0.25) is 4.79 Å². The first kappa shape index (κ1) is 25.6. The average molecular weight is 498 g/mol. The van der Waals surface area contributed by atoms with Crippen LogP contribution in [0.25, 0.3) is 22.4 Å². The van der Waals surface area contributed by atoms with E-state index in [0.29, 0.717) is 48.6 Å². The van der Waals surface area contributed by atoms with Crippen LogP contribution >= 0.6 is 0 Å². The summed E-state index contributed by atoms with van der Waals surface area (Å²) in [5, 5.41) is 9.54. The molecular weight excluding hydrogens is 468 g/mol. The van der Waals surface area contributed by atoms with Crippen LogP contribution in [0.3, 0.4) is 0 Å². The first-order valence-corrected chi connectivity index (χ1v) is 11.7. The standard InChI is InChI=1S/C28H29F2NO5/c1-28(2,3)26-11-16-10-25(36-9-5-8-35-4)20(18-7-6-17(29)12-22(18)30)13-19(16)23-14-24(32)21(27(33)34)15-31(23)26/h6-7,10,12-15,26H,5,8-9,11H2,1-4H3,(H,33,34)/t26-/m0/s1. The topological polar surface area (TPSA) is 77.8 Å². The lowest BCUT2D eigenvalue weighted by molar-refractivity contribution is 0.0693. The highest BCUT2D eigenvalue weighted by molar-refractivity contribution is 5.88. The predicted molar refractivity (Wildman–Crippen MR) is 133 cm³/mol. The smallest absolute Gasteiger partial charge is 0.341 e. The van der Waals surface area contributed by atoms with Gasteiger partial charge in [-0.05, 0) is 41.7 Å². The van der Waals surface area contributed by atoms with Crippen LogP contribution in [0.5, 0.6) is 5.75 Å². The molecule has 1 aromatic heterocycles. The molecule has 1 aliphatic rings. The molecule has 0 unspecified atom stereocenters. The molecular formula is C28H29F2NO5. The molecule has 0 radical (unpaired) electrons. The Morgan fingerprint density at radius 1 is 1.08 bits per heavy atom. The summed E-state index contributed by atoms with van der Waals surface area (Å²) < 4.78 is 41.5. The third-order valence-corrected chi connectivity index (χ3v) is 6.51. The third kappa shape index (κ3) is 4.91. The predicted octanol–water partition coefficient (Wildman–Crippen LogP) is 5.72. The van der Waals surface area contributed by atoms with Crippen molar-refractivity contribution in [3.63, 3.8) is 0 Å². The molecule has 0 spiro atoms. The van der Waals surface area contributed by atoms with Gasteiger partial charge >= 0.3 is 5.97 Å². The SMILES string of the molecule is COCCCOc1cc2c(cc1-c1ccc(F)cc1F)-c1cc(=O)c(C(=O)O)cn1[C@H](C(C)(C)C)C2. The molecule has 6 nitrogen and oxygen atoms in total. The second-order valence-corrected chi connectivity index (χ2v) is 10.1. The maximum atomic E-state index is 14.9. The normalized spacial score (nSPS) is 14.8. The first-order chi connectivity index (χ1) is 17.0. The van der Waals surface area contributed by atoms with Crippen LogP contribution in [0.2, 0.25) is 0 Å². The van der Waals surface area contributed by atoms with Crippen LogP contribution in [0.4, 0.5) is 8.78 Å². The van der Waals surface area contributed by atoms with Gasteiger partial charge in [-0.1, -0.05) is 20.8 Å². The van der Waals surface area contributed by atoms with Crippen molar-refractivity contribution < 1.29 is 28.2 Å². The number of fused-ring (bicyclic) bond motifs is 3. The maximum Gasteiger partial charge on any atom is 0.341 e. The van der Waals surface area contributed by atoms with Gasteiger partial charge < -0.3 is 19.1 Å². The number of pyridine rings is 1. The number of rotatable bonds is 7. The van der Waals surface area contributed by atoms with E-state index in [1.54, 1.807) is 13.2 Å². The largest absolute Gasteiger partial charge is 0.493 e. The number of hydrogen-bond donors (Lipinski definition) is 1. The van der Waals surface area contributed by atoms with Crippen molar-refractivity contribution >= 4 is 5.97 Å². The zero-order valence-corrected chi connectivity index (χ0v) is 20.7. The van der Waals surface area contributed by atoms with Crippen molar-refractivity contribution in [2.75, 3.05) is 20.3 Å². The average Bonchev–Trinajstić information content (AvgIpc) is 2.80. The van der Waals surface area contributed by atoms with E-state index in [2.05, 4.69) is 20.8 Å². The highest BCUT2D eigenvalue weighted by atomic mass is 19.1. The summed E-state index contributed by atoms with van der Waals surface area (Å²) in [6.07, 6.45) is 2.57. The Morgan fingerprint density at radius 3 is 2.47 bits per heavy atom. The van der Waals surface area contributed by atoms with Gasteiger partial charge in [0.15, 0.2) is 5.43 Å². The van der Waals surface area contributed by atoms with Crippen LogP contribution in [-0.4, -0.2) is 36.0 Å². The summed E-state index contributed by atoms with van der Waals surface area (Å²) in [5.74, 6) is -2.27. The Morgan fingerprint density at radius 2 is 1.83 bits per heavy atom. The van der Waals surface area contributed by atoms with E-state index in [0.717, 1.165) is 11.6 Å². The monoisotopic (exact) mass is 497 g/mol. The number of aromatic carboxylic acids is 1. The minimum Gasteiger partial charge on any atom is -0.493 e. The van der Waals surface area contributed by atoms with Gasteiger partial charge in [0.1, 0.15) is 22.9 Å². The summed E-state index contributed by atoms with van der Waals surface area (Å²) in [5.41, 5.74) is 1.51. The van der Waals surface area contributed by atoms with E-state index in [-0.39, 0.29) is 22.6 Å². The lowest BCUT2D eigenvalue weighted by Crippen LogP contribution is -2.32. The van der Waals surface area contributed by atoms with Crippen LogP contribution in [0.15, 0.2) is 47.4 Å². The number of carboxylic acid groups (broad SMARTS) is 1. The number of hydrogen-bond acceptors (Lipinski definition) is 4. The Labute approximate surface area is 208 Å². The summed E-state index contributed by atoms with van der Waals surface area (Å²) in [6, 6.07) is 8.12. The van der Waals surface area contributed by atoms with Crippen molar-refractivity contribution in [2.45, 2.75) is 39.7 Å². The fraction of sp³-hybridized carbons (Fsp3) is 0.357. The lowest BCUT2D eigenvalue weighted by atomic mass is 9.78. The van der Waals surface area contributed by atoms with Gasteiger partial charge in [0, 0.05) is 61.2 Å². The van der Waals surface area contributed by atoms with Crippen LogP contribution in [-0.2, 0) is 11.2 Å². The highest BCUT2D eigenvalue weighted by Crippen LogP contribution is 2.46. The van der Waals surface area contributed by atoms with E-state index >= 15 is 0 Å². The van der Waals surface area contributed by atoms with E-state index < -0.39 is 23.0 Å². The number of nitrogens with zero attached hydrogens (tertiary/aromatic N) is 1. The Kier molecular flexibility index (Phi) is 7.00. The molecule has 36 heavy (non-hydrogen) atoms. The second-order valence-electron chi connectivity index (χ2n) is 10.1. The molecule has 0 fully saturated rings. The quantitative estimate of drug-likeness (QED) is 0.423. The first-order valence-electron chi connectivity index (χ1n) is 11.7. The molecule has 0 aliphatic carbocycles. The molecule has 0 bridgehead atoms. The van der Waals surface area contributed by atoms with E-state index in [9.17, 15) is 23.5 Å². The third-order valence-electron chi connectivity index (χ3n) is 6.51. The number of carbonyl (C=O) groups is 1. The molecule has 8 heteroatoms. The zero-order valence-electron chi connectivity index (χ0n) is 20.7. The molecule has 0 saturated carbocycles. The fourth-order valence-electron chi connectivity index (χ4n) is 4.67. The Balaban J connectivity index is 1.95. The molecule has 0 amide bonds. The minimum atomic E-state index is -1.29. The van der Waals surface area contributed by atoms with Crippen LogP contribution in [0.1, 0.15) is 49.2 Å². The molecule has 1 aliphatic heterocycles. The van der Waals surface area contributed by atoms with Gasteiger partial charge in [0.2, 0.25) is 0 Å². The molecule has 2 aromatic carbocycles. The Bertz CT molecular complexity index is 1370. The van der Waals surface area contributed by atoms with Gasteiger partial charge in [-0.2, -0.15) is 0 Å². The van der Waals surface area contributed by atoms with E-state index in [4.69, 9.17) is 9.47 Å². The number of methoxy groups -OCH3 is 1.